The van der Waals surface area contributed by atoms with Crippen LogP contribution in [-0.4, -0.2) is 31.2 Å². The Bertz CT molecular complexity index is 738. The molecule has 2 aliphatic rings. The molecule has 2 aliphatic heterocycles. The molecule has 0 bridgehead atoms. The number of ether oxygens (including phenoxy) is 3. The van der Waals surface area contributed by atoms with Gasteiger partial charge in [-0.25, -0.2) is 4.58 Å². The smallest absolute Gasteiger partial charge is 0.231 e. The Labute approximate surface area is 129 Å². The molecular formula is C18H18NO3+. The number of nitrogens with zero attached hydrogens (tertiary/aromatic N) is 1. The van der Waals surface area contributed by atoms with E-state index in [2.05, 4.69) is 41.1 Å². The lowest BCUT2D eigenvalue weighted by Crippen LogP contribution is -2.23. The van der Waals surface area contributed by atoms with Gasteiger partial charge < -0.3 is 14.2 Å². The summed E-state index contributed by atoms with van der Waals surface area (Å²) in [4.78, 5) is 0. The zero-order valence-corrected chi connectivity index (χ0v) is 12.5. The van der Waals surface area contributed by atoms with Crippen molar-refractivity contribution in [2.45, 2.75) is 13.0 Å². The molecule has 112 valence electrons. The monoisotopic (exact) mass is 296 g/mol. The van der Waals surface area contributed by atoms with E-state index in [-0.39, 0.29) is 6.79 Å². The zero-order valence-electron chi connectivity index (χ0n) is 12.5. The third kappa shape index (κ3) is 2.21. The van der Waals surface area contributed by atoms with Gasteiger partial charge in [-0.15, -0.1) is 0 Å². The van der Waals surface area contributed by atoms with Crippen LogP contribution in [0.5, 0.6) is 17.2 Å². The third-order valence-electron chi connectivity index (χ3n) is 4.16. The van der Waals surface area contributed by atoms with E-state index in [1.54, 1.807) is 7.11 Å². The van der Waals surface area contributed by atoms with Crippen LogP contribution in [0.1, 0.15) is 16.7 Å². The second kappa shape index (κ2) is 5.37. The van der Waals surface area contributed by atoms with Gasteiger partial charge in [0.05, 0.1) is 12.7 Å². The van der Waals surface area contributed by atoms with Crippen molar-refractivity contribution in [2.75, 3.05) is 20.4 Å². The molecule has 4 nitrogen and oxygen atoms in total. The summed E-state index contributed by atoms with van der Waals surface area (Å²) in [7, 11) is 1.68. The zero-order chi connectivity index (χ0) is 14.9. The molecule has 0 radical (unpaired) electrons. The number of fused-ring (bicyclic) bond motifs is 2. The summed E-state index contributed by atoms with van der Waals surface area (Å²) in [5.41, 5.74) is 3.67. The maximum Gasteiger partial charge on any atom is 0.231 e. The fourth-order valence-electron chi connectivity index (χ4n) is 3.08. The van der Waals surface area contributed by atoms with Crippen molar-refractivity contribution in [1.29, 1.82) is 0 Å². The van der Waals surface area contributed by atoms with Crippen molar-refractivity contribution in [3.05, 3.63) is 53.1 Å². The quantitative estimate of drug-likeness (QED) is 0.816. The van der Waals surface area contributed by atoms with Crippen LogP contribution in [0.15, 0.2) is 36.4 Å². The maximum atomic E-state index is 5.59. The molecule has 0 aliphatic carbocycles. The Kier molecular flexibility index (Phi) is 3.22. The van der Waals surface area contributed by atoms with E-state index < -0.39 is 0 Å². The number of rotatable bonds is 3. The van der Waals surface area contributed by atoms with Gasteiger partial charge in [0.15, 0.2) is 24.3 Å². The van der Waals surface area contributed by atoms with Gasteiger partial charge in [0.25, 0.3) is 0 Å². The Morgan fingerprint density at radius 2 is 2.05 bits per heavy atom. The van der Waals surface area contributed by atoms with E-state index in [1.807, 2.05) is 6.07 Å². The lowest BCUT2D eigenvalue weighted by atomic mass is 9.99. The Balaban J connectivity index is 1.73. The van der Waals surface area contributed by atoms with E-state index in [0.717, 1.165) is 42.3 Å². The second-order valence-electron chi connectivity index (χ2n) is 5.55. The van der Waals surface area contributed by atoms with Gasteiger partial charge in [-0.2, -0.15) is 0 Å². The van der Waals surface area contributed by atoms with E-state index in [0.29, 0.717) is 0 Å². The predicted molar refractivity (Wildman–Crippen MR) is 83.3 cm³/mol. The van der Waals surface area contributed by atoms with Crippen molar-refractivity contribution in [2.24, 2.45) is 0 Å². The molecule has 0 aromatic heterocycles. The van der Waals surface area contributed by atoms with E-state index in [1.165, 1.54) is 11.1 Å². The molecule has 0 atom stereocenters. The molecule has 0 fully saturated rings. The highest BCUT2D eigenvalue weighted by molar-refractivity contribution is 5.86. The molecule has 2 heterocycles. The number of hydrogen-bond acceptors (Lipinski definition) is 3. The second-order valence-corrected chi connectivity index (χ2v) is 5.55. The lowest BCUT2D eigenvalue weighted by molar-refractivity contribution is -0.540. The highest BCUT2D eigenvalue weighted by Gasteiger charge is 2.28. The van der Waals surface area contributed by atoms with Crippen molar-refractivity contribution < 1.29 is 18.8 Å². The molecule has 0 spiro atoms. The van der Waals surface area contributed by atoms with Crippen LogP contribution in [0, 0.1) is 0 Å². The van der Waals surface area contributed by atoms with E-state index >= 15 is 0 Å². The molecule has 2 aromatic rings. The van der Waals surface area contributed by atoms with Crippen LogP contribution in [-0.2, 0) is 13.0 Å². The van der Waals surface area contributed by atoms with Crippen LogP contribution in [0.4, 0.5) is 0 Å². The Hall–Kier alpha value is -2.49. The molecule has 4 heteroatoms. The predicted octanol–water partition coefficient (Wildman–Crippen LogP) is 2.61. The summed E-state index contributed by atoms with van der Waals surface area (Å²) in [6.07, 6.45) is 3.15. The standard InChI is InChI=1S/C18H18NO3/c1-20-17-15-11-19(10-13-5-3-2-4-6-13)8-7-14(15)9-16-18(17)22-12-21-16/h2-6,9,11H,7-8,10,12H2,1H3/q+1. The summed E-state index contributed by atoms with van der Waals surface area (Å²) < 4.78 is 19.0. The third-order valence-corrected chi connectivity index (χ3v) is 4.16. The van der Waals surface area contributed by atoms with Gasteiger partial charge in [0.1, 0.15) is 6.54 Å². The van der Waals surface area contributed by atoms with E-state index in [4.69, 9.17) is 14.2 Å². The number of methoxy groups -OCH3 is 1. The van der Waals surface area contributed by atoms with Crippen molar-refractivity contribution in [3.63, 3.8) is 0 Å². The molecule has 0 saturated heterocycles. The normalized spacial score (nSPS) is 15.2. The van der Waals surface area contributed by atoms with Gasteiger partial charge in [0.2, 0.25) is 12.5 Å². The topological polar surface area (TPSA) is 30.7 Å². The summed E-state index contributed by atoms with van der Waals surface area (Å²) in [5, 5.41) is 0. The average molecular weight is 296 g/mol. The maximum absolute atomic E-state index is 5.59. The summed E-state index contributed by atoms with van der Waals surface area (Å²) in [6.45, 7) is 2.16. The molecule has 22 heavy (non-hydrogen) atoms. The van der Waals surface area contributed by atoms with Crippen LogP contribution in [0.25, 0.3) is 0 Å². The van der Waals surface area contributed by atoms with Gasteiger partial charge in [-0.3, -0.25) is 0 Å². The SMILES string of the molecule is COc1c2c(cc3c1OCO3)CC[N+](Cc1ccccc1)=C2. The van der Waals surface area contributed by atoms with Crippen LogP contribution in [0.2, 0.25) is 0 Å². The first-order chi connectivity index (χ1) is 10.8. The Morgan fingerprint density at radius 1 is 1.18 bits per heavy atom. The Morgan fingerprint density at radius 3 is 2.86 bits per heavy atom. The van der Waals surface area contributed by atoms with Crippen LogP contribution >= 0.6 is 0 Å². The minimum absolute atomic E-state index is 0.266. The van der Waals surface area contributed by atoms with Crippen LogP contribution in [0.3, 0.4) is 0 Å². The lowest BCUT2D eigenvalue weighted by Gasteiger charge is -2.16. The highest BCUT2D eigenvalue weighted by atomic mass is 16.7. The van der Waals surface area contributed by atoms with Crippen molar-refractivity contribution >= 4 is 6.21 Å². The first-order valence-electron chi connectivity index (χ1n) is 7.47. The largest absolute Gasteiger partial charge is 0.492 e. The van der Waals surface area contributed by atoms with Crippen LogP contribution < -0.4 is 14.2 Å². The van der Waals surface area contributed by atoms with Gasteiger partial charge in [0, 0.05) is 12.0 Å². The first-order valence-corrected chi connectivity index (χ1v) is 7.47. The molecule has 2 aromatic carbocycles. The molecule has 0 amide bonds. The van der Waals surface area contributed by atoms with E-state index in [9.17, 15) is 0 Å². The molecule has 0 saturated carbocycles. The summed E-state index contributed by atoms with van der Waals surface area (Å²) >= 11 is 0. The minimum atomic E-state index is 0.266. The molecule has 4 rings (SSSR count). The highest BCUT2D eigenvalue weighted by Crippen LogP contribution is 2.45. The minimum Gasteiger partial charge on any atom is -0.492 e. The van der Waals surface area contributed by atoms with Crippen molar-refractivity contribution in [3.8, 4) is 17.2 Å². The van der Waals surface area contributed by atoms with Crippen molar-refractivity contribution in [1.82, 2.24) is 0 Å². The van der Waals surface area contributed by atoms with Gasteiger partial charge >= 0.3 is 0 Å². The number of hydrogen-bond donors (Lipinski definition) is 0. The first kappa shape index (κ1) is 13.2. The fraction of sp³-hybridized carbons (Fsp3) is 0.278. The summed E-state index contributed by atoms with van der Waals surface area (Å²) in [6, 6.07) is 12.6. The van der Waals surface area contributed by atoms with Gasteiger partial charge in [-0.05, 0) is 11.6 Å². The molecule has 0 unspecified atom stereocenters. The van der Waals surface area contributed by atoms with Gasteiger partial charge in [-0.1, -0.05) is 30.3 Å². The molecular weight excluding hydrogens is 278 g/mol. The average Bonchev–Trinajstić information content (AvgIpc) is 3.01. The summed E-state index contributed by atoms with van der Waals surface area (Å²) in [5.74, 6) is 2.29. The molecule has 0 N–H and O–H groups in total. The number of benzene rings is 2. The fourth-order valence-corrected chi connectivity index (χ4v) is 3.08.